The molecule has 1 atom stereocenters. The highest BCUT2D eigenvalue weighted by Crippen LogP contribution is 2.22. The Hall–Kier alpha value is -2.66. The quantitative estimate of drug-likeness (QED) is 0.797. The lowest BCUT2D eigenvalue weighted by Gasteiger charge is -2.15. The van der Waals surface area contributed by atoms with Crippen molar-refractivity contribution < 1.29 is 9.90 Å². The Balaban J connectivity index is 1.62. The number of benzene rings is 2. The molecule has 0 unspecified atom stereocenters. The summed E-state index contributed by atoms with van der Waals surface area (Å²) in [6.07, 6.45) is 1.28. The van der Waals surface area contributed by atoms with Gasteiger partial charge in [0, 0.05) is 31.6 Å². The summed E-state index contributed by atoms with van der Waals surface area (Å²) in [7, 11) is 0. The van der Waals surface area contributed by atoms with Crippen molar-refractivity contribution in [1.82, 2.24) is 14.5 Å². The predicted octanol–water partition coefficient (Wildman–Crippen LogP) is 2.55. The molecule has 1 aromatic heterocycles. The zero-order valence-electron chi connectivity index (χ0n) is 14.0. The molecule has 1 N–H and O–H groups in total. The van der Waals surface area contributed by atoms with E-state index in [0.29, 0.717) is 32.4 Å². The van der Waals surface area contributed by atoms with Gasteiger partial charge in [0.25, 0.3) is 0 Å². The summed E-state index contributed by atoms with van der Waals surface area (Å²) in [5, 5.41) is 9.61. The van der Waals surface area contributed by atoms with Crippen LogP contribution in [-0.2, 0) is 11.2 Å². The van der Waals surface area contributed by atoms with E-state index >= 15 is 0 Å². The molecule has 5 nitrogen and oxygen atoms in total. The maximum Gasteiger partial charge on any atom is 0.223 e. The van der Waals surface area contributed by atoms with Gasteiger partial charge >= 0.3 is 0 Å². The number of aryl methyl sites for hydroxylation is 1. The average Bonchev–Trinajstić information content (AvgIpc) is 3.24. The molecule has 0 saturated carbocycles. The molecular formula is C20H21N3O2. The van der Waals surface area contributed by atoms with Crippen molar-refractivity contribution in [2.24, 2.45) is 0 Å². The third-order valence-electron chi connectivity index (χ3n) is 4.72. The fraction of sp³-hybridized carbons (Fsp3) is 0.300. The minimum atomic E-state index is -0.377. The Morgan fingerprint density at radius 3 is 2.64 bits per heavy atom. The van der Waals surface area contributed by atoms with Gasteiger partial charge in [-0.3, -0.25) is 9.36 Å². The summed E-state index contributed by atoms with van der Waals surface area (Å²) in [5.74, 6) is 0.976. The minimum absolute atomic E-state index is 0.0863. The van der Waals surface area contributed by atoms with Crippen LogP contribution in [0.15, 0.2) is 54.6 Å². The SMILES string of the molecule is O=C(CCc1nc2ccccc2n1-c1ccccc1)N1CC[C@@H](O)C1. The predicted molar refractivity (Wildman–Crippen MR) is 96.6 cm³/mol. The Morgan fingerprint density at radius 1 is 1.12 bits per heavy atom. The molecule has 2 aromatic carbocycles. The fourth-order valence-corrected chi connectivity index (χ4v) is 3.45. The first-order valence-corrected chi connectivity index (χ1v) is 8.70. The number of aliphatic hydroxyl groups excluding tert-OH is 1. The number of β-amino-alcohol motifs (C(OH)–C–C–N with tert-alkyl or cyclic N) is 1. The standard InChI is InChI=1S/C20H21N3O2/c24-16-12-13-22(14-16)20(25)11-10-19-21-17-8-4-5-9-18(17)23(19)15-6-2-1-3-7-15/h1-9,16,24H,10-14H2/t16-/m1/s1. The highest BCUT2D eigenvalue weighted by atomic mass is 16.3. The van der Waals surface area contributed by atoms with Crippen LogP contribution in [-0.4, -0.2) is 44.7 Å². The van der Waals surface area contributed by atoms with E-state index < -0.39 is 0 Å². The van der Waals surface area contributed by atoms with Crippen molar-refractivity contribution in [3.8, 4) is 5.69 Å². The molecule has 1 fully saturated rings. The van der Waals surface area contributed by atoms with Crippen molar-refractivity contribution in [3.63, 3.8) is 0 Å². The van der Waals surface area contributed by atoms with Gasteiger partial charge in [0.1, 0.15) is 5.82 Å². The lowest BCUT2D eigenvalue weighted by molar-refractivity contribution is -0.130. The molecule has 1 aliphatic rings. The van der Waals surface area contributed by atoms with Crippen LogP contribution in [0.3, 0.4) is 0 Å². The summed E-state index contributed by atoms with van der Waals surface area (Å²) in [5.41, 5.74) is 3.04. The second-order valence-electron chi connectivity index (χ2n) is 6.47. The van der Waals surface area contributed by atoms with E-state index in [2.05, 4.69) is 22.8 Å². The second kappa shape index (κ2) is 6.69. The van der Waals surface area contributed by atoms with Crippen LogP contribution >= 0.6 is 0 Å². The van der Waals surface area contributed by atoms with Gasteiger partial charge in [0.05, 0.1) is 17.1 Å². The van der Waals surface area contributed by atoms with Crippen molar-refractivity contribution in [2.45, 2.75) is 25.4 Å². The van der Waals surface area contributed by atoms with Gasteiger partial charge in [-0.25, -0.2) is 4.98 Å². The number of imidazole rings is 1. The topological polar surface area (TPSA) is 58.4 Å². The molecular weight excluding hydrogens is 314 g/mol. The van der Waals surface area contributed by atoms with Gasteiger partial charge in [-0.2, -0.15) is 0 Å². The number of carbonyl (C=O) groups is 1. The Morgan fingerprint density at radius 2 is 1.88 bits per heavy atom. The summed E-state index contributed by atoms with van der Waals surface area (Å²) in [6, 6.07) is 18.1. The molecule has 5 heteroatoms. The van der Waals surface area contributed by atoms with Crippen LogP contribution < -0.4 is 0 Å². The lowest BCUT2D eigenvalue weighted by atomic mass is 10.2. The number of aliphatic hydroxyl groups is 1. The molecule has 1 amide bonds. The van der Waals surface area contributed by atoms with E-state index in [1.165, 1.54) is 0 Å². The van der Waals surface area contributed by atoms with Crippen molar-refractivity contribution in [3.05, 3.63) is 60.4 Å². The molecule has 1 aliphatic heterocycles. The number of para-hydroxylation sites is 3. The number of aromatic nitrogens is 2. The van der Waals surface area contributed by atoms with E-state index in [9.17, 15) is 9.90 Å². The number of hydrogen-bond acceptors (Lipinski definition) is 3. The maximum absolute atomic E-state index is 12.4. The van der Waals surface area contributed by atoms with E-state index in [4.69, 9.17) is 4.98 Å². The van der Waals surface area contributed by atoms with Gasteiger partial charge in [-0.1, -0.05) is 30.3 Å². The highest BCUT2D eigenvalue weighted by Gasteiger charge is 2.24. The molecule has 1 saturated heterocycles. The molecule has 4 rings (SSSR count). The highest BCUT2D eigenvalue weighted by molar-refractivity contribution is 5.79. The average molecular weight is 335 g/mol. The molecule has 0 radical (unpaired) electrons. The van der Waals surface area contributed by atoms with Gasteiger partial charge in [-0.15, -0.1) is 0 Å². The number of rotatable bonds is 4. The van der Waals surface area contributed by atoms with Crippen LogP contribution in [0.4, 0.5) is 0 Å². The normalized spacial score (nSPS) is 17.3. The monoisotopic (exact) mass is 335 g/mol. The first-order chi connectivity index (χ1) is 12.2. The van der Waals surface area contributed by atoms with Gasteiger partial charge in [-0.05, 0) is 30.7 Å². The Labute approximate surface area is 146 Å². The third-order valence-corrected chi connectivity index (χ3v) is 4.72. The Kier molecular flexibility index (Phi) is 4.24. The molecule has 2 heterocycles. The lowest BCUT2D eigenvalue weighted by Crippen LogP contribution is -2.29. The van der Waals surface area contributed by atoms with Crippen molar-refractivity contribution >= 4 is 16.9 Å². The number of fused-ring (bicyclic) bond motifs is 1. The molecule has 25 heavy (non-hydrogen) atoms. The van der Waals surface area contributed by atoms with Crippen LogP contribution in [0.5, 0.6) is 0 Å². The van der Waals surface area contributed by atoms with E-state index in [0.717, 1.165) is 22.5 Å². The minimum Gasteiger partial charge on any atom is -0.391 e. The smallest absolute Gasteiger partial charge is 0.223 e. The van der Waals surface area contributed by atoms with Crippen LogP contribution in [0.2, 0.25) is 0 Å². The van der Waals surface area contributed by atoms with E-state index in [1.807, 2.05) is 36.4 Å². The zero-order valence-corrected chi connectivity index (χ0v) is 14.0. The number of nitrogens with zero attached hydrogens (tertiary/aromatic N) is 3. The van der Waals surface area contributed by atoms with Crippen LogP contribution in [0, 0.1) is 0 Å². The fourth-order valence-electron chi connectivity index (χ4n) is 3.45. The number of amides is 1. The number of likely N-dealkylation sites (tertiary alicyclic amines) is 1. The summed E-state index contributed by atoms with van der Waals surface area (Å²) >= 11 is 0. The maximum atomic E-state index is 12.4. The van der Waals surface area contributed by atoms with Crippen LogP contribution in [0.25, 0.3) is 16.7 Å². The molecule has 0 spiro atoms. The molecule has 0 aliphatic carbocycles. The van der Waals surface area contributed by atoms with Gasteiger partial charge in [0.15, 0.2) is 0 Å². The summed E-state index contributed by atoms with van der Waals surface area (Å²) < 4.78 is 2.13. The summed E-state index contributed by atoms with van der Waals surface area (Å²) in [6.45, 7) is 1.10. The first-order valence-electron chi connectivity index (χ1n) is 8.70. The first kappa shape index (κ1) is 15.8. The summed E-state index contributed by atoms with van der Waals surface area (Å²) in [4.78, 5) is 18.9. The zero-order chi connectivity index (χ0) is 17.2. The van der Waals surface area contributed by atoms with Crippen molar-refractivity contribution in [2.75, 3.05) is 13.1 Å². The second-order valence-corrected chi connectivity index (χ2v) is 6.47. The van der Waals surface area contributed by atoms with Gasteiger partial charge < -0.3 is 10.0 Å². The number of carbonyl (C=O) groups excluding carboxylic acids is 1. The largest absolute Gasteiger partial charge is 0.391 e. The van der Waals surface area contributed by atoms with Gasteiger partial charge in [0.2, 0.25) is 5.91 Å². The van der Waals surface area contributed by atoms with E-state index in [-0.39, 0.29) is 12.0 Å². The molecule has 0 bridgehead atoms. The molecule has 128 valence electrons. The number of hydrogen-bond donors (Lipinski definition) is 1. The third kappa shape index (κ3) is 3.15. The van der Waals surface area contributed by atoms with E-state index in [1.54, 1.807) is 4.90 Å². The van der Waals surface area contributed by atoms with Crippen molar-refractivity contribution in [1.29, 1.82) is 0 Å². The Bertz CT molecular complexity index is 888. The van der Waals surface area contributed by atoms with Crippen LogP contribution in [0.1, 0.15) is 18.7 Å². The molecule has 3 aromatic rings.